The number of hydrogen-bond acceptors (Lipinski definition) is 4. The summed E-state index contributed by atoms with van der Waals surface area (Å²) in [5.74, 6) is 0.276. The summed E-state index contributed by atoms with van der Waals surface area (Å²) in [7, 11) is 0. The molecular weight excluding hydrogens is 252 g/mol. The third kappa shape index (κ3) is 3.03. The van der Waals surface area contributed by atoms with Crippen LogP contribution in [0.15, 0.2) is 48.5 Å². The highest BCUT2D eigenvalue weighted by atomic mass is 16.5. The van der Waals surface area contributed by atoms with Crippen molar-refractivity contribution in [2.24, 2.45) is 0 Å². The van der Waals surface area contributed by atoms with Gasteiger partial charge in [0.05, 0.1) is 13.2 Å². The summed E-state index contributed by atoms with van der Waals surface area (Å²) < 4.78 is 5.36. The highest BCUT2D eigenvalue weighted by molar-refractivity contribution is 5.63. The molecule has 1 fully saturated rings. The number of nitrogens with one attached hydrogen (secondary N) is 1. The molecule has 20 heavy (non-hydrogen) atoms. The molecule has 0 saturated carbocycles. The lowest BCUT2D eigenvalue weighted by Crippen LogP contribution is -2.36. The second-order valence-corrected chi connectivity index (χ2v) is 4.82. The number of benzene rings is 2. The Morgan fingerprint density at radius 2 is 1.40 bits per heavy atom. The van der Waals surface area contributed by atoms with Crippen molar-refractivity contribution in [2.75, 3.05) is 36.5 Å². The molecule has 1 saturated heterocycles. The fourth-order valence-electron chi connectivity index (χ4n) is 2.29. The number of morpholine rings is 1. The largest absolute Gasteiger partial charge is 0.508 e. The molecule has 0 spiro atoms. The molecule has 0 bridgehead atoms. The molecule has 4 nitrogen and oxygen atoms in total. The number of hydrogen-bond donors (Lipinski definition) is 2. The van der Waals surface area contributed by atoms with E-state index in [1.807, 2.05) is 12.1 Å². The lowest BCUT2D eigenvalue weighted by Gasteiger charge is -2.28. The zero-order valence-electron chi connectivity index (χ0n) is 11.2. The summed E-state index contributed by atoms with van der Waals surface area (Å²) >= 11 is 0. The summed E-state index contributed by atoms with van der Waals surface area (Å²) in [6, 6.07) is 15.4. The van der Waals surface area contributed by atoms with E-state index >= 15 is 0 Å². The van der Waals surface area contributed by atoms with Crippen LogP contribution in [0, 0.1) is 0 Å². The monoisotopic (exact) mass is 270 g/mol. The highest BCUT2D eigenvalue weighted by Crippen LogP contribution is 2.22. The molecule has 0 aliphatic carbocycles. The minimum Gasteiger partial charge on any atom is -0.508 e. The van der Waals surface area contributed by atoms with Crippen molar-refractivity contribution in [1.82, 2.24) is 0 Å². The van der Waals surface area contributed by atoms with Gasteiger partial charge in [-0.2, -0.15) is 0 Å². The molecule has 2 aromatic rings. The van der Waals surface area contributed by atoms with Crippen LogP contribution in [-0.4, -0.2) is 31.4 Å². The van der Waals surface area contributed by atoms with E-state index < -0.39 is 0 Å². The van der Waals surface area contributed by atoms with E-state index in [4.69, 9.17) is 4.74 Å². The Labute approximate surface area is 118 Å². The SMILES string of the molecule is Oc1ccc(Nc2ccc(N3CCOCC3)cc2)cc1. The molecule has 0 radical (unpaired) electrons. The van der Waals surface area contributed by atoms with Crippen molar-refractivity contribution in [3.63, 3.8) is 0 Å². The Morgan fingerprint density at radius 1 is 0.850 bits per heavy atom. The maximum atomic E-state index is 9.26. The van der Waals surface area contributed by atoms with Gasteiger partial charge < -0.3 is 20.1 Å². The lowest BCUT2D eigenvalue weighted by atomic mass is 10.2. The Morgan fingerprint density at radius 3 is 2.00 bits per heavy atom. The summed E-state index contributed by atoms with van der Waals surface area (Å²) in [5, 5.41) is 12.6. The lowest BCUT2D eigenvalue weighted by molar-refractivity contribution is 0.122. The van der Waals surface area contributed by atoms with Gasteiger partial charge in [-0.15, -0.1) is 0 Å². The van der Waals surface area contributed by atoms with E-state index in [1.165, 1.54) is 5.69 Å². The van der Waals surface area contributed by atoms with E-state index in [0.717, 1.165) is 37.7 Å². The van der Waals surface area contributed by atoms with Crippen LogP contribution < -0.4 is 10.2 Å². The maximum absolute atomic E-state index is 9.26. The Balaban J connectivity index is 1.67. The highest BCUT2D eigenvalue weighted by Gasteiger charge is 2.10. The summed E-state index contributed by atoms with van der Waals surface area (Å²) in [5.41, 5.74) is 3.22. The average molecular weight is 270 g/mol. The normalized spacial score (nSPS) is 15.1. The molecule has 3 rings (SSSR count). The van der Waals surface area contributed by atoms with Gasteiger partial charge in [0.25, 0.3) is 0 Å². The van der Waals surface area contributed by atoms with Gasteiger partial charge in [0.15, 0.2) is 0 Å². The van der Waals surface area contributed by atoms with Crippen molar-refractivity contribution in [1.29, 1.82) is 0 Å². The van der Waals surface area contributed by atoms with Crippen LogP contribution in [-0.2, 0) is 4.74 Å². The molecular formula is C16H18N2O2. The predicted octanol–water partition coefficient (Wildman–Crippen LogP) is 2.97. The van der Waals surface area contributed by atoms with E-state index in [1.54, 1.807) is 12.1 Å². The Bertz CT molecular complexity index is 546. The minimum absolute atomic E-state index is 0.276. The molecule has 2 N–H and O–H groups in total. The Kier molecular flexibility index (Phi) is 3.74. The predicted molar refractivity (Wildman–Crippen MR) is 80.9 cm³/mol. The quantitative estimate of drug-likeness (QED) is 0.842. The minimum atomic E-state index is 0.276. The molecule has 1 heterocycles. The summed E-state index contributed by atoms with van der Waals surface area (Å²) in [6.07, 6.45) is 0. The molecule has 0 aromatic heterocycles. The van der Waals surface area contributed by atoms with Crippen LogP contribution in [0.3, 0.4) is 0 Å². The molecule has 0 unspecified atom stereocenters. The molecule has 2 aromatic carbocycles. The zero-order chi connectivity index (χ0) is 13.8. The van der Waals surface area contributed by atoms with Gasteiger partial charge in [0.1, 0.15) is 5.75 Å². The fraction of sp³-hybridized carbons (Fsp3) is 0.250. The first-order valence-corrected chi connectivity index (χ1v) is 6.80. The number of anilines is 3. The first-order chi connectivity index (χ1) is 9.81. The molecule has 104 valence electrons. The summed E-state index contributed by atoms with van der Waals surface area (Å²) in [6.45, 7) is 3.50. The van der Waals surface area contributed by atoms with Crippen LogP contribution in [0.25, 0.3) is 0 Å². The van der Waals surface area contributed by atoms with Crippen LogP contribution in [0.1, 0.15) is 0 Å². The smallest absolute Gasteiger partial charge is 0.115 e. The van der Waals surface area contributed by atoms with Gasteiger partial charge in [0.2, 0.25) is 0 Å². The van der Waals surface area contributed by atoms with Gasteiger partial charge in [-0.25, -0.2) is 0 Å². The molecule has 0 atom stereocenters. The Hall–Kier alpha value is -2.20. The van der Waals surface area contributed by atoms with Gasteiger partial charge in [-0.3, -0.25) is 0 Å². The fourth-order valence-corrected chi connectivity index (χ4v) is 2.29. The second-order valence-electron chi connectivity index (χ2n) is 4.82. The molecule has 1 aliphatic heterocycles. The number of ether oxygens (including phenoxy) is 1. The third-order valence-electron chi connectivity index (χ3n) is 3.40. The van der Waals surface area contributed by atoms with Crippen LogP contribution in [0.2, 0.25) is 0 Å². The van der Waals surface area contributed by atoms with E-state index in [2.05, 4.69) is 34.5 Å². The number of rotatable bonds is 3. The summed E-state index contributed by atoms with van der Waals surface area (Å²) in [4.78, 5) is 2.33. The average Bonchev–Trinajstić information content (AvgIpc) is 2.51. The second kappa shape index (κ2) is 5.84. The number of phenols is 1. The maximum Gasteiger partial charge on any atom is 0.115 e. The van der Waals surface area contributed by atoms with Crippen molar-refractivity contribution >= 4 is 17.1 Å². The zero-order valence-corrected chi connectivity index (χ0v) is 11.2. The van der Waals surface area contributed by atoms with Crippen LogP contribution in [0.5, 0.6) is 5.75 Å². The molecule has 0 amide bonds. The first-order valence-electron chi connectivity index (χ1n) is 6.80. The van der Waals surface area contributed by atoms with Gasteiger partial charge >= 0.3 is 0 Å². The molecule has 1 aliphatic rings. The molecule has 4 heteroatoms. The number of aromatic hydroxyl groups is 1. The number of nitrogens with zero attached hydrogens (tertiary/aromatic N) is 1. The van der Waals surface area contributed by atoms with Crippen molar-refractivity contribution in [2.45, 2.75) is 0 Å². The van der Waals surface area contributed by atoms with Crippen molar-refractivity contribution in [3.8, 4) is 5.75 Å². The van der Waals surface area contributed by atoms with E-state index in [9.17, 15) is 5.11 Å². The van der Waals surface area contributed by atoms with E-state index in [0.29, 0.717) is 0 Å². The van der Waals surface area contributed by atoms with Crippen LogP contribution >= 0.6 is 0 Å². The first kappa shape index (κ1) is 12.8. The number of phenolic OH excluding ortho intramolecular Hbond substituents is 1. The van der Waals surface area contributed by atoms with Gasteiger partial charge in [0, 0.05) is 30.2 Å². The van der Waals surface area contributed by atoms with Crippen LogP contribution in [0.4, 0.5) is 17.1 Å². The van der Waals surface area contributed by atoms with E-state index in [-0.39, 0.29) is 5.75 Å². The van der Waals surface area contributed by atoms with Crippen molar-refractivity contribution in [3.05, 3.63) is 48.5 Å². The van der Waals surface area contributed by atoms with Crippen molar-refractivity contribution < 1.29 is 9.84 Å². The van der Waals surface area contributed by atoms with Gasteiger partial charge in [-0.1, -0.05) is 0 Å². The van der Waals surface area contributed by atoms with Gasteiger partial charge in [-0.05, 0) is 48.5 Å². The third-order valence-corrected chi connectivity index (χ3v) is 3.40. The standard InChI is InChI=1S/C16H18N2O2/c19-16-7-3-14(4-8-16)17-13-1-5-15(6-2-13)18-9-11-20-12-10-18/h1-8,17,19H,9-12H2. The topological polar surface area (TPSA) is 44.7 Å².